The molecule has 3 heterocycles. The minimum atomic E-state index is -2.06. The third kappa shape index (κ3) is 12.9. The molecular formula is C38H64Se3Sn2. The van der Waals surface area contributed by atoms with Gasteiger partial charge in [-0.2, -0.15) is 0 Å². The van der Waals surface area contributed by atoms with Crippen LogP contribution in [-0.2, 0) is 12.8 Å². The van der Waals surface area contributed by atoms with Crippen molar-refractivity contribution in [2.24, 2.45) is 23.7 Å². The molecule has 0 aliphatic rings. The third-order valence-corrected chi connectivity index (χ3v) is 46.4. The fourth-order valence-corrected chi connectivity index (χ4v) is 30.2. The Morgan fingerprint density at radius 3 is 1.21 bits per heavy atom. The first-order valence-corrected chi connectivity index (χ1v) is 42.5. The van der Waals surface area contributed by atoms with Gasteiger partial charge in [-0.3, -0.25) is 0 Å². The van der Waals surface area contributed by atoms with Gasteiger partial charge in [0, 0.05) is 0 Å². The summed E-state index contributed by atoms with van der Waals surface area (Å²) in [5, 5.41) is 0. The van der Waals surface area contributed by atoms with Crippen LogP contribution in [0.4, 0.5) is 0 Å². The number of hydrogen-bond donors (Lipinski definition) is 0. The first kappa shape index (κ1) is 39.0. The van der Waals surface area contributed by atoms with E-state index < -0.39 is 36.8 Å². The molecule has 0 bridgehead atoms. The molecule has 2 atom stereocenters. The summed E-state index contributed by atoms with van der Waals surface area (Å²) in [7, 11) is 0. The molecule has 0 radical (unpaired) electrons. The van der Waals surface area contributed by atoms with Crippen LogP contribution in [0.1, 0.15) is 104 Å². The molecule has 0 saturated carbocycles. The van der Waals surface area contributed by atoms with Gasteiger partial charge < -0.3 is 0 Å². The normalized spacial score (nSPS) is 14.3. The van der Waals surface area contributed by atoms with Crippen LogP contribution in [0.5, 0.6) is 0 Å². The van der Waals surface area contributed by atoms with Gasteiger partial charge in [-0.1, -0.05) is 0 Å². The van der Waals surface area contributed by atoms with Gasteiger partial charge in [0.1, 0.15) is 0 Å². The van der Waals surface area contributed by atoms with E-state index in [1.807, 2.05) is 13.8 Å². The van der Waals surface area contributed by atoms with Crippen LogP contribution >= 0.6 is 0 Å². The molecule has 0 aliphatic carbocycles. The number of aryl methyl sites for hydroxylation is 2. The van der Waals surface area contributed by atoms with Gasteiger partial charge in [-0.25, -0.2) is 0 Å². The average Bonchev–Trinajstić information content (AvgIpc) is 3.63. The van der Waals surface area contributed by atoms with E-state index in [4.69, 9.17) is 0 Å². The van der Waals surface area contributed by atoms with Gasteiger partial charge in [-0.05, 0) is 0 Å². The molecule has 242 valence electrons. The molecule has 0 aliphatic heterocycles. The number of rotatable bonds is 18. The van der Waals surface area contributed by atoms with Crippen molar-refractivity contribution < 1.29 is 0 Å². The van der Waals surface area contributed by atoms with Crippen molar-refractivity contribution >= 4 is 85.2 Å². The predicted octanol–water partition coefficient (Wildman–Crippen LogP) is 10.1. The van der Waals surface area contributed by atoms with Crippen LogP contribution in [0.3, 0.4) is 0 Å². The van der Waals surface area contributed by atoms with E-state index in [0.29, 0.717) is 43.5 Å². The van der Waals surface area contributed by atoms with Crippen molar-refractivity contribution in [2.45, 2.75) is 135 Å². The summed E-state index contributed by atoms with van der Waals surface area (Å²) >= 11 is -2.48. The predicted molar refractivity (Wildman–Crippen MR) is 206 cm³/mol. The van der Waals surface area contributed by atoms with Crippen LogP contribution in [-0.4, -0.2) is 80.3 Å². The topological polar surface area (TPSA) is 0 Å². The van der Waals surface area contributed by atoms with Crippen molar-refractivity contribution in [1.82, 2.24) is 0 Å². The summed E-state index contributed by atoms with van der Waals surface area (Å²) in [5.74, 6) is 3.38. The molecular weight excluding hydrogens is 931 g/mol. The minimum absolute atomic E-state index is 0.490. The SMILES string of the molecule is CC(C)CCCC(C)CCc1c[c]([Sn]([CH3])([CH3])[CH3])[se]c1-c1ccc(-c2[se][c]([Sn]([CH3])([CH3])[CH3])cc2CCC(C)CCCC(C)C)[se]1. The molecule has 2 unspecified atom stereocenters. The van der Waals surface area contributed by atoms with Gasteiger partial charge in [0.15, 0.2) is 0 Å². The Labute approximate surface area is 294 Å². The van der Waals surface area contributed by atoms with Gasteiger partial charge in [-0.15, -0.1) is 0 Å². The fourth-order valence-electron chi connectivity index (χ4n) is 5.81. The van der Waals surface area contributed by atoms with Crippen LogP contribution in [0.15, 0.2) is 24.3 Å². The van der Waals surface area contributed by atoms with E-state index in [1.54, 1.807) is 20.0 Å². The summed E-state index contributed by atoms with van der Waals surface area (Å²) in [6.07, 6.45) is 13.8. The molecule has 3 rings (SSSR count). The Morgan fingerprint density at radius 1 is 0.512 bits per heavy atom. The Hall–Kier alpha value is 1.60. The van der Waals surface area contributed by atoms with Crippen LogP contribution in [0.2, 0.25) is 29.6 Å². The summed E-state index contributed by atoms with van der Waals surface area (Å²) in [6.45, 7) is 14.5. The molecule has 43 heavy (non-hydrogen) atoms. The molecule has 3 aromatic heterocycles. The Bertz CT molecular complexity index is 1150. The maximum atomic E-state index is 2.75. The van der Waals surface area contributed by atoms with Crippen molar-refractivity contribution in [3.05, 3.63) is 35.4 Å². The summed E-state index contributed by atoms with van der Waals surface area (Å²) in [5.41, 5.74) is 3.51. The summed E-state index contributed by atoms with van der Waals surface area (Å²) < 4.78 is 11.0. The van der Waals surface area contributed by atoms with Crippen LogP contribution < -0.4 is 4.91 Å². The van der Waals surface area contributed by atoms with E-state index in [-0.39, 0.29) is 0 Å². The van der Waals surface area contributed by atoms with E-state index in [2.05, 4.69) is 95.4 Å². The fraction of sp³-hybridized carbons (Fsp3) is 0.684. The second-order valence-electron chi connectivity index (χ2n) is 16.5. The van der Waals surface area contributed by atoms with E-state index in [9.17, 15) is 0 Å². The van der Waals surface area contributed by atoms with Gasteiger partial charge >= 0.3 is 297 Å². The van der Waals surface area contributed by atoms with Crippen molar-refractivity contribution in [1.29, 1.82) is 0 Å². The molecule has 5 heteroatoms. The van der Waals surface area contributed by atoms with Crippen molar-refractivity contribution in [3.63, 3.8) is 0 Å². The molecule has 0 fully saturated rings. The Balaban J connectivity index is 1.84. The molecule has 0 spiro atoms. The third-order valence-electron chi connectivity index (χ3n) is 8.92. The zero-order valence-corrected chi connectivity index (χ0v) is 40.8. The van der Waals surface area contributed by atoms with E-state index in [1.165, 1.54) is 64.2 Å². The number of hydrogen-bond acceptors (Lipinski definition) is 0. The second-order valence-corrected chi connectivity index (χ2v) is 56.6. The van der Waals surface area contributed by atoms with Crippen molar-refractivity contribution in [3.8, 4) is 17.7 Å². The van der Waals surface area contributed by atoms with Crippen LogP contribution in [0, 0.1) is 23.7 Å². The standard InChI is InChI=1S/C32H46Se3.6CH3.2Sn/c1-23(2)9-7-11-25(5)13-15-27-19-21-33-31(27)29-17-18-30(35-29)32-28(20-22-34-32)16-14-26(6)12-8-10-24(3)4;;;;;;;;/h17-20,23-26H,7-16H2,1-6H3;6*1H3;;. The van der Waals surface area contributed by atoms with Gasteiger partial charge in [0.2, 0.25) is 0 Å². The quantitative estimate of drug-likeness (QED) is 0.112. The van der Waals surface area contributed by atoms with Gasteiger partial charge in [0.25, 0.3) is 0 Å². The monoisotopic (exact) mass is 1000 g/mol. The zero-order valence-electron chi connectivity index (χ0n) is 29.9. The summed E-state index contributed by atoms with van der Waals surface area (Å²) in [4.78, 5) is 15.8. The zero-order chi connectivity index (χ0) is 31.9. The molecule has 0 saturated heterocycles. The average molecular weight is 995 g/mol. The van der Waals surface area contributed by atoms with E-state index in [0.717, 1.165) is 23.7 Å². The Kier molecular flexibility index (Phi) is 16.2. The summed E-state index contributed by atoms with van der Waals surface area (Å²) in [6, 6.07) is 10.7. The van der Waals surface area contributed by atoms with Crippen molar-refractivity contribution in [2.75, 3.05) is 0 Å². The molecule has 3 aromatic rings. The van der Waals surface area contributed by atoms with Gasteiger partial charge in [0.05, 0.1) is 0 Å². The molecule has 0 N–H and O–H groups in total. The van der Waals surface area contributed by atoms with E-state index >= 15 is 0 Å². The molecule has 0 nitrogen and oxygen atoms in total. The molecule has 0 aromatic carbocycles. The maximum absolute atomic E-state index is 2.75. The first-order valence-electron chi connectivity index (χ1n) is 17.4. The first-order chi connectivity index (χ1) is 20.0. The van der Waals surface area contributed by atoms with Crippen LogP contribution in [0.25, 0.3) is 17.7 Å². The molecule has 0 amide bonds. The Morgan fingerprint density at radius 2 is 0.884 bits per heavy atom. The second kappa shape index (κ2) is 17.8.